The minimum atomic E-state index is -0.0880. The standard InChI is InChI=1S/C11H15NO2/c1-11(2,3)9-5-4-6-10(13)8(9)7-12-14/h4-7,13-14H,1-3H3. The molecule has 76 valence electrons. The van der Waals surface area contributed by atoms with Gasteiger partial charge in [0.2, 0.25) is 0 Å². The molecule has 0 bridgehead atoms. The molecule has 0 amide bonds. The first kappa shape index (κ1) is 10.6. The molecule has 0 radical (unpaired) electrons. The largest absolute Gasteiger partial charge is 0.507 e. The highest BCUT2D eigenvalue weighted by atomic mass is 16.4. The van der Waals surface area contributed by atoms with Crippen molar-refractivity contribution < 1.29 is 10.3 Å². The normalized spacial score (nSPS) is 12.2. The first-order chi connectivity index (χ1) is 6.46. The molecule has 0 fully saturated rings. The average molecular weight is 193 g/mol. The molecule has 14 heavy (non-hydrogen) atoms. The molecule has 0 heterocycles. The highest BCUT2D eigenvalue weighted by Crippen LogP contribution is 2.29. The Morgan fingerprint density at radius 3 is 2.43 bits per heavy atom. The molecule has 0 spiro atoms. The number of hydrogen-bond acceptors (Lipinski definition) is 3. The Balaban J connectivity index is 3.36. The second-order valence-electron chi connectivity index (χ2n) is 4.23. The van der Waals surface area contributed by atoms with Crippen LogP contribution in [0, 0.1) is 0 Å². The molecule has 0 aliphatic heterocycles. The van der Waals surface area contributed by atoms with Crippen LogP contribution in [0.1, 0.15) is 31.9 Å². The van der Waals surface area contributed by atoms with Gasteiger partial charge in [-0.25, -0.2) is 0 Å². The molecule has 0 saturated heterocycles. The quantitative estimate of drug-likeness (QED) is 0.409. The van der Waals surface area contributed by atoms with E-state index in [-0.39, 0.29) is 11.2 Å². The maximum Gasteiger partial charge on any atom is 0.124 e. The van der Waals surface area contributed by atoms with Crippen molar-refractivity contribution in [3.8, 4) is 5.75 Å². The van der Waals surface area contributed by atoms with E-state index >= 15 is 0 Å². The van der Waals surface area contributed by atoms with Crippen molar-refractivity contribution in [2.24, 2.45) is 5.16 Å². The Bertz CT molecular complexity index is 351. The van der Waals surface area contributed by atoms with E-state index in [2.05, 4.69) is 5.16 Å². The van der Waals surface area contributed by atoms with E-state index in [0.29, 0.717) is 5.56 Å². The zero-order chi connectivity index (χ0) is 10.8. The van der Waals surface area contributed by atoms with Gasteiger partial charge in [-0.15, -0.1) is 0 Å². The van der Waals surface area contributed by atoms with Gasteiger partial charge in [-0.3, -0.25) is 0 Å². The molecule has 0 saturated carbocycles. The summed E-state index contributed by atoms with van der Waals surface area (Å²) in [4.78, 5) is 0. The van der Waals surface area contributed by atoms with E-state index in [0.717, 1.165) is 5.56 Å². The van der Waals surface area contributed by atoms with Crippen LogP contribution in [0.15, 0.2) is 23.4 Å². The van der Waals surface area contributed by atoms with Crippen molar-refractivity contribution in [3.63, 3.8) is 0 Å². The lowest BCUT2D eigenvalue weighted by molar-refractivity contribution is 0.321. The molecule has 0 aliphatic carbocycles. The van der Waals surface area contributed by atoms with Crippen molar-refractivity contribution in [1.29, 1.82) is 0 Å². The fourth-order valence-corrected chi connectivity index (χ4v) is 1.40. The number of oxime groups is 1. The maximum absolute atomic E-state index is 9.58. The van der Waals surface area contributed by atoms with Crippen LogP contribution in [0.3, 0.4) is 0 Å². The Morgan fingerprint density at radius 1 is 1.29 bits per heavy atom. The van der Waals surface area contributed by atoms with Crippen molar-refractivity contribution in [2.45, 2.75) is 26.2 Å². The lowest BCUT2D eigenvalue weighted by atomic mass is 9.84. The number of phenols is 1. The molecule has 0 aliphatic rings. The van der Waals surface area contributed by atoms with E-state index in [1.165, 1.54) is 6.21 Å². The number of phenolic OH excluding ortho intramolecular Hbond substituents is 1. The van der Waals surface area contributed by atoms with E-state index < -0.39 is 0 Å². The summed E-state index contributed by atoms with van der Waals surface area (Å²) in [5, 5.41) is 21.0. The third-order valence-corrected chi connectivity index (χ3v) is 2.08. The maximum atomic E-state index is 9.58. The van der Waals surface area contributed by atoms with Crippen molar-refractivity contribution in [2.75, 3.05) is 0 Å². The summed E-state index contributed by atoms with van der Waals surface area (Å²) in [6.07, 6.45) is 1.26. The molecule has 0 aromatic heterocycles. The van der Waals surface area contributed by atoms with Gasteiger partial charge < -0.3 is 10.3 Å². The molecular weight excluding hydrogens is 178 g/mol. The molecule has 3 heteroatoms. The number of benzene rings is 1. The fraction of sp³-hybridized carbons (Fsp3) is 0.364. The van der Waals surface area contributed by atoms with Crippen LogP contribution in [0.5, 0.6) is 5.75 Å². The zero-order valence-electron chi connectivity index (χ0n) is 8.65. The summed E-state index contributed by atoms with van der Waals surface area (Å²) in [6.45, 7) is 6.11. The monoisotopic (exact) mass is 193 g/mol. The van der Waals surface area contributed by atoms with Crippen LogP contribution < -0.4 is 0 Å². The Morgan fingerprint density at radius 2 is 1.93 bits per heavy atom. The first-order valence-electron chi connectivity index (χ1n) is 4.46. The van der Waals surface area contributed by atoms with Crippen molar-refractivity contribution in [1.82, 2.24) is 0 Å². The van der Waals surface area contributed by atoms with Gasteiger partial charge in [-0.2, -0.15) is 0 Å². The second kappa shape index (κ2) is 3.70. The molecule has 2 N–H and O–H groups in total. The summed E-state index contributed by atoms with van der Waals surface area (Å²) in [5.74, 6) is 0.134. The predicted molar refractivity (Wildman–Crippen MR) is 56.2 cm³/mol. The van der Waals surface area contributed by atoms with Gasteiger partial charge in [0, 0.05) is 5.56 Å². The van der Waals surface area contributed by atoms with Crippen LogP contribution in [0.2, 0.25) is 0 Å². The average Bonchev–Trinajstić information content (AvgIpc) is 2.07. The molecule has 1 rings (SSSR count). The van der Waals surface area contributed by atoms with E-state index in [1.54, 1.807) is 12.1 Å². The molecule has 0 atom stereocenters. The van der Waals surface area contributed by atoms with Crippen molar-refractivity contribution in [3.05, 3.63) is 29.3 Å². The minimum Gasteiger partial charge on any atom is -0.507 e. The smallest absolute Gasteiger partial charge is 0.124 e. The van der Waals surface area contributed by atoms with Gasteiger partial charge in [-0.05, 0) is 17.0 Å². The third-order valence-electron chi connectivity index (χ3n) is 2.08. The van der Waals surface area contributed by atoms with Crippen LogP contribution in [-0.4, -0.2) is 16.5 Å². The summed E-state index contributed by atoms with van der Waals surface area (Å²) >= 11 is 0. The fourth-order valence-electron chi connectivity index (χ4n) is 1.40. The highest BCUT2D eigenvalue weighted by Gasteiger charge is 2.18. The van der Waals surface area contributed by atoms with Crippen LogP contribution in [0.25, 0.3) is 0 Å². The van der Waals surface area contributed by atoms with E-state index in [9.17, 15) is 5.11 Å². The van der Waals surface area contributed by atoms with Crippen LogP contribution in [-0.2, 0) is 5.41 Å². The Kier molecular flexibility index (Phi) is 2.79. The van der Waals surface area contributed by atoms with Crippen LogP contribution >= 0.6 is 0 Å². The topological polar surface area (TPSA) is 52.8 Å². The number of rotatable bonds is 1. The summed E-state index contributed by atoms with van der Waals surface area (Å²) in [5.41, 5.74) is 1.44. The Labute approximate surface area is 83.7 Å². The van der Waals surface area contributed by atoms with Gasteiger partial charge >= 0.3 is 0 Å². The van der Waals surface area contributed by atoms with Gasteiger partial charge in [0.05, 0.1) is 6.21 Å². The van der Waals surface area contributed by atoms with Gasteiger partial charge in [0.15, 0.2) is 0 Å². The van der Waals surface area contributed by atoms with E-state index in [4.69, 9.17) is 5.21 Å². The highest BCUT2D eigenvalue weighted by molar-refractivity contribution is 5.85. The first-order valence-corrected chi connectivity index (χ1v) is 4.46. The number of hydrogen-bond donors (Lipinski definition) is 2. The number of nitrogens with zero attached hydrogens (tertiary/aromatic N) is 1. The molecule has 0 unspecified atom stereocenters. The molecule has 1 aromatic carbocycles. The molecule has 1 aromatic rings. The van der Waals surface area contributed by atoms with Gasteiger partial charge in [-0.1, -0.05) is 38.1 Å². The lowest BCUT2D eigenvalue weighted by Gasteiger charge is -2.21. The number of aromatic hydroxyl groups is 1. The molecule has 3 nitrogen and oxygen atoms in total. The van der Waals surface area contributed by atoms with Crippen molar-refractivity contribution >= 4 is 6.21 Å². The SMILES string of the molecule is CC(C)(C)c1cccc(O)c1C=NO. The van der Waals surface area contributed by atoms with Gasteiger partial charge in [0.1, 0.15) is 5.75 Å². The summed E-state index contributed by atoms with van der Waals surface area (Å²) < 4.78 is 0. The minimum absolute atomic E-state index is 0.0880. The Hall–Kier alpha value is -1.51. The summed E-state index contributed by atoms with van der Waals surface area (Å²) in [7, 11) is 0. The summed E-state index contributed by atoms with van der Waals surface area (Å²) in [6, 6.07) is 5.27. The third kappa shape index (κ3) is 2.05. The van der Waals surface area contributed by atoms with Crippen LogP contribution in [0.4, 0.5) is 0 Å². The lowest BCUT2D eigenvalue weighted by Crippen LogP contribution is -2.14. The van der Waals surface area contributed by atoms with E-state index in [1.807, 2.05) is 26.8 Å². The van der Waals surface area contributed by atoms with Gasteiger partial charge in [0.25, 0.3) is 0 Å². The zero-order valence-corrected chi connectivity index (χ0v) is 8.65. The molecular formula is C11H15NO2. The predicted octanol–water partition coefficient (Wildman–Crippen LogP) is 2.50. The second-order valence-corrected chi connectivity index (χ2v) is 4.23.